The molecular formula is C14H23N3O2. The van der Waals surface area contributed by atoms with E-state index in [4.69, 9.17) is 10.5 Å². The van der Waals surface area contributed by atoms with E-state index in [1.807, 2.05) is 0 Å². The number of ether oxygens (including phenoxy) is 1. The molecule has 5 heteroatoms. The van der Waals surface area contributed by atoms with Crippen LogP contribution < -0.4 is 10.6 Å². The predicted molar refractivity (Wildman–Crippen MR) is 77.4 cm³/mol. The summed E-state index contributed by atoms with van der Waals surface area (Å²) in [4.78, 5) is 18.3. The minimum atomic E-state index is -0.399. The summed E-state index contributed by atoms with van der Waals surface area (Å²) in [6.45, 7) is 9.29. The molecule has 0 aliphatic rings. The minimum Gasteiger partial charge on any atom is -0.462 e. The van der Waals surface area contributed by atoms with Gasteiger partial charge in [-0.15, -0.1) is 0 Å². The zero-order chi connectivity index (χ0) is 14.4. The lowest BCUT2D eigenvalue weighted by molar-refractivity contribution is 0.0527. The Labute approximate surface area is 114 Å². The maximum atomic E-state index is 11.8. The zero-order valence-corrected chi connectivity index (χ0v) is 12.1. The lowest BCUT2D eigenvalue weighted by Gasteiger charge is -2.27. The topological polar surface area (TPSA) is 68.5 Å². The van der Waals surface area contributed by atoms with Crippen molar-refractivity contribution in [1.82, 2.24) is 4.98 Å². The summed E-state index contributed by atoms with van der Waals surface area (Å²) < 4.78 is 5.00. The predicted octanol–water partition coefficient (Wildman–Crippen LogP) is 2.47. The Balaban J connectivity index is 3.09. The molecule has 1 aromatic heterocycles. The number of hydrogen-bond donors (Lipinski definition) is 1. The largest absolute Gasteiger partial charge is 0.462 e. The molecule has 0 saturated carbocycles. The fraction of sp³-hybridized carbons (Fsp3) is 0.571. The summed E-state index contributed by atoms with van der Waals surface area (Å²) in [6, 6.07) is 2.02. The van der Waals surface area contributed by atoms with Gasteiger partial charge in [-0.05, 0) is 33.3 Å². The van der Waals surface area contributed by atoms with Crippen molar-refractivity contribution < 1.29 is 9.53 Å². The number of nitrogen functional groups attached to an aromatic ring is 1. The summed E-state index contributed by atoms with van der Waals surface area (Å²) >= 11 is 0. The second kappa shape index (κ2) is 6.97. The summed E-state index contributed by atoms with van der Waals surface area (Å²) in [5, 5.41) is 0. The molecule has 0 bridgehead atoms. The average Bonchev–Trinajstić information content (AvgIpc) is 2.36. The standard InChI is InChI=1S/C14H23N3O2/c1-5-7-17(10(3)4)13-8-11(12(15)9-16-13)14(18)19-6-2/h8-10H,5-7,15H2,1-4H3. The molecule has 1 aromatic rings. The fourth-order valence-corrected chi connectivity index (χ4v) is 1.88. The van der Waals surface area contributed by atoms with Crippen LogP contribution in [-0.4, -0.2) is 30.1 Å². The molecule has 1 heterocycles. The van der Waals surface area contributed by atoms with Gasteiger partial charge >= 0.3 is 5.97 Å². The van der Waals surface area contributed by atoms with Crippen molar-refractivity contribution in [2.45, 2.75) is 40.2 Å². The fourth-order valence-electron chi connectivity index (χ4n) is 1.88. The highest BCUT2D eigenvalue weighted by atomic mass is 16.5. The van der Waals surface area contributed by atoms with E-state index < -0.39 is 5.97 Å². The highest BCUT2D eigenvalue weighted by Crippen LogP contribution is 2.21. The molecule has 5 nitrogen and oxygen atoms in total. The van der Waals surface area contributed by atoms with Gasteiger partial charge in [-0.25, -0.2) is 9.78 Å². The van der Waals surface area contributed by atoms with Crippen LogP contribution in [0, 0.1) is 0 Å². The van der Waals surface area contributed by atoms with Crippen LogP contribution in [0.25, 0.3) is 0 Å². The van der Waals surface area contributed by atoms with E-state index in [2.05, 4.69) is 30.7 Å². The number of carbonyl (C=O) groups is 1. The lowest BCUT2D eigenvalue weighted by Crippen LogP contribution is -2.32. The first kappa shape index (κ1) is 15.3. The summed E-state index contributed by atoms with van der Waals surface area (Å²) in [5.41, 5.74) is 6.52. The van der Waals surface area contributed by atoms with E-state index in [0.29, 0.717) is 23.9 Å². The van der Waals surface area contributed by atoms with Crippen LogP contribution in [-0.2, 0) is 4.74 Å². The Hall–Kier alpha value is -1.78. The summed E-state index contributed by atoms with van der Waals surface area (Å²) in [6.07, 6.45) is 2.53. The number of carbonyl (C=O) groups excluding carboxylic acids is 1. The van der Waals surface area contributed by atoms with E-state index in [9.17, 15) is 4.79 Å². The van der Waals surface area contributed by atoms with Crippen molar-refractivity contribution in [3.8, 4) is 0 Å². The van der Waals surface area contributed by atoms with Gasteiger partial charge in [-0.1, -0.05) is 6.92 Å². The number of nitrogens with zero attached hydrogens (tertiary/aromatic N) is 2. The van der Waals surface area contributed by atoms with Gasteiger partial charge in [-0.3, -0.25) is 0 Å². The Kier molecular flexibility index (Phi) is 5.60. The first-order chi connectivity index (χ1) is 9.01. The highest BCUT2D eigenvalue weighted by Gasteiger charge is 2.17. The van der Waals surface area contributed by atoms with Gasteiger partial charge in [0.15, 0.2) is 0 Å². The van der Waals surface area contributed by atoms with Crippen molar-refractivity contribution in [2.75, 3.05) is 23.8 Å². The van der Waals surface area contributed by atoms with Crippen molar-refractivity contribution in [2.24, 2.45) is 0 Å². The molecule has 0 aromatic carbocycles. The van der Waals surface area contributed by atoms with Gasteiger partial charge in [0, 0.05) is 12.6 Å². The van der Waals surface area contributed by atoms with Crippen LogP contribution in [0.15, 0.2) is 12.3 Å². The van der Waals surface area contributed by atoms with E-state index >= 15 is 0 Å². The van der Waals surface area contributed by atoms with E-state index in [1.165, 1.54) is 6.20 Å². The molecule has 106 valence electrons. The number of nitrogens with two attached hydrogens (primary N) is 1. The second-order valence-electron chi connectivity index (χ2n) is 4.64. The van der Waals surface area contributed by atoms with Gasteiger partial charge in [-0.2, -0.15) is 0 Å². The van der Waals surface area contributed by atoms with Crippen molar-refractivity contribution in [1.29, 1.82) is 0 Å². The monoisotopic (exact) mass is 265 g/mol. The molecule has 0 amide bonds. The van der Waals surface area contributed by atoms with Gasteiger partial charge in [0.1, 0.15) is 5.82 Å². The average molecular weight is 265 g/mol. The number of anilines is 2. The van der Waals surface area contributed by atoms with E-state index in [0.717, 1.165) is 18.8 Å². The Morgan fingerprint density at radius 2 is 2.16 bits per heavy atom. The van der Waals surface area contributed by atoms with Crippen molar-refractivity contribution in [3.63, 3.8) is 0 Å². The quantitative estimate of drug-likeness (QED) is 0.800. The zero-order valence-electron chi connectivity index (χ0n) is 12.1. The molecule has 19 heavy (non-hydrogen) atoms. The van der Waals surface area contributed by atoms with Crippen LogP contribution in [0.2, 0.25) is 0 Å². The highest BCUT2D eigenvalue weighted by molar-refractivity contribution is 5.95. The Bertz CT molecular complexity index is 433. The number of aromatic nitrogens is 1. The molecule has 0 aliphatic heterocycles. The van der Waals surface area contributed by atoms with Crippen LogP contribution in [0.5, 0.6) is 0 Å². The summed E-state index contributed by atoms with van der Waals surface area (Å²) in [7, 11) is 0. The van der Waals surface area contributed by atoms with E-state index in [1.54, 1.807) is 13.0 Å². The Morgan fingerprint density at radius 1 is 1.47 bits per heavy atom. The Morgan fingerprint density at radius 3 is 2.68 bits per heavy atom. The molecular weight excluding hydrogens is 242 g/mol. The molecule has 0 radical (unpaired) electrons. The number of rotatable bonds is 6. The minimum absolute atomic E-state index is 0.311. The van der Waals surface area contributed by atoms with Gasteiger partial charge in [0.05, 0.1) is 24.1 Å². The van der Waals surface area contributed by atoms with Gasteiger partial charge in [0.25, 0.3) is 0 Å². The number of hydrogen-bond acceptors (Lipinski definition) is 5. The molecule has 1 rings (SSSR count). The third-order valence-electron chi connectivity index (χ3n) is 2.80. The maximum absolute atomic E-state index is 11.8. The number of esters is 1. The molecule has 2 N–H and O–H groups in total. The first-order valence-corrected chi connectivity index (χ1v) is 6.70. The third-order valence-corrected chi connectivity index (χ3v) is 2.80. The van der Waals surface area contributed by atoms with Crippen LogP contribution >= 0.6 is 0 Å². The van der Waals surface area contributed by atoms with Crippen LogP contribution in [0.1, 0.15) is 44.5 Å². The molecule has 0 aliphatic carbocycles. The van der Waals surface area contributed by atoms with Crippen molar-refractivity contribution >= 4 is 17.5 Å². The lowest BCUT2D eigenvalue weighted by atomic mass is 10.2. The number of pyridine rings is 1. The van der Waals surface area contributed by atoms with Crippen LogP contribution in [0.3, 0.4) is 0 Å². The smallest absolute Gasteiger partial charge is 0.340 e. The van der Waals surface area contributed by atoms with Crippen molar-refractivity contribution in [3.05, 3.63) is 17.8 Å². The normalized spacial score (nSPS) is 10.6. The molecule has 0 fully saturated rings. The SMILES string of the molecule is CCCN(c1cc(C(=O)OCC)c(N)cn1)C(C)C. The molecule has 0 unspecified atom stereocenters. The van der Waals surface area contributed by atoms with Gasteiger partial charge in [0.2, 0.25) is 0 Å². The summed E-state index contributed by atoms with van der Waals surface area (Å²) in [5.74, 6) is 0.359. The van der Waals surface area contributed by atoms with Gasteiger partial charge < -0.3 is 15.4 Å². The molecule has 0 saturated heterocycles. The maximum Gasteiger partial charge on any atom is 0.340 e. The molecule has 0 atom stereocenters. The second-order valence-corrected chi connectivity index (χ2v) is 4.64. The van der Waals surface area contributed by atoms with Crippen LogP contribution in [0.4, 0.5) is 11.5 Å². The van der Waals surface area contributed by atoms with E-state index in [-0.39, 0.29) is 0 Å². The third kappa shape index (κ3) is 3.84. The molecule has 0 spiro atoms. The first-order valence-electron chi connectivity index (χ1n) is 6.70.